The molecule has 8 heavy (non-hydrogen) atoms. The molecular weight excluding hydrogens is 119 g/mol. The molecule has 0 fully saturated rings. The van der Waals surface area contributed by atoms with Crippen LogP contribution in [0.1, 0.15) is 13.8 Å². The van der Waals surface area contributed by atoms with Crippen LogP contribution in [-0.4, -0.2) is 47.5 Å². The molecule has 0 aliphatic carbocycles. The summed E-state index contributed by atoms with van der Waals surface area (Å²) in [6, 6.07) is 0. The van der Waals surface area contributed by atoms with E-state index in [9.17, 15) is 0 Å². The number of carboxylic acid groups (broad SMARTS) is 1. The number of hydrogen-bond acceptors (Lipinski definition) is 2. The van der Waals surface area contributed by atoms with Crippen molar-refractivity contribution in [3.05, 3.63) is 0 Å². The van der Waals surface area contributed by atoms with Gasteiger partial charge in [0.05, 0.1) is 0 Å². The summed E-state index contributed by atoms with van der Waals surface area (Å²) >= 11 is 0.904. The van der Waals surface area contributed by atoms with Gasteiger partial charge in [0.2, 0.25) is 0 Å². The van der Waals surface area contributed by atoms with Crippen molar-refractivity contribution in [2.24, 2.45) is 0 Å². The molecule has 0 rings (SSSR count). The third-order valence-electron chi connectivity index (χ3n) is 0. The van der Waals surface area contributed by atoms with Gasteiger partial charge >= 0.3 is 43.3 Å². The van der Waals surface area contributed by atoms with Crippen LogP contribution in [0.3, 0.4) is 0 Å². The number of aliphatic hydroxyl groups is 1. The Balaban J connectivity index is 0. The minimum absolute atomic E-state index is 0.0278. The fourth-order valence-corrected chi connectivity index (χ4v) is 0. The molecule has 0 radical (unpaired) electrons. The summed E-state index contributed by atoms with van der Waals surface area (Å²) in [5.41, 5.74) is 0. The summed E-state index contributed by atoms with van der Waals surface area (Å²) in [4.78, 5) is 9.00. The Hall–Kier alpha value is 0.430. The Morgan fingerprint density at radius 2 is 1.75 bits per heavy atom. The van der Waals surface area contributed by atoms with Gasteiger partial charge in [0.25, 0.3) is 5.97 Å². The van der Waals surface area contributed by atoms with Crippen molar-refractivity contribution in [3.63, 3.8) is 0 Å². The second-order valence-corrected chi connectivity index (χ2v) is 3.28. The average molecular weight is 128 g/mol. The van der Waals surface area contributed by atoms with E-state index in [0.29, 0.717) is 0 Å². The number of carbonyl (C=O) groups is 1. The first-order valence-corrected chi connectivity index (χ1v) is 3.50. The molecule has 0 spiro atoms. The number of hydrogen-bond donors (Lipinski definition) is 2. The van der Waals surface area contributed by atoms with Gasteiger partial charge in [0.1, 0.15) is 0 Å². The maximum atomic E-state index is 9.00. The summed E-state index contributed by atoms with van der Waals surface area (Å²) in [5.74, 6) is -0.833. The number of carboxylic acids is 1. The van der Waals surface area contributed by atoms with E-state index in [0.717, 1.165) is 34.9 Å². The molecule has 44 valence electrons. The van der Waals surface area contributed by atoms with Crippen LogP contribution < -0.4 is 0 Å². The molecule has 0 aromatic heterocycles. The predicted octanol–water partition coefficient (Wildman–Crippen LogP) is -0.416. The second-order valence-electron chi connectivity index (χ2n) is 1.61. The van der Waals surface area contributed by atoms with Crippen LogP contribution in [0, 0.1) is 0 Å². The van der Waals surface area contributed by atoms with Gasteiger partial charge in [-0.1, -0.05) is 0 Å². The molecule has 0 saturated heterocycles. The molecule has 0 aromatic rings. The number of aliphatic hydroxyl groups excluding tert-OH is 1. The molecule has 0 bridgehead atoms. The van der Waals surface area contributed by atoms with Crippen LogP contribution >= 0.6 is 0 Å². The Labute approximate surface area is 66.1 Å². The van der Waals surface area contributed by atoms with E-state index < -0.39 is 5.97 Å². The van der Waals surface area contributed by atoms with Gasteiger partial charge in [-0.3, -0.25) is 4.79 Å². The van der Waals surface area contributed by atoms with E-state index in [4.69, 9.17) is 15.0 Å². The molecule has 0 aromatic carbocycles. The molecule has 0 saturated carbocycles. The van der Waals surface area contributed by atoms with Crippen molar-refractivity contribution in [3.8, 4) is 0 Å². The van der Waals surface area contributed by atoms with E-state index in [2.05, 4.69) is 0 Å². The van der Waals surface area contributed by atoms with Gasteiger partial charge < -0.3 is 5.11 Å². The van der Waals surface area contributed by atoms with Gasteiger partial charge in [0.15, 0.2) is 0 Å². The second kappa shape index (κ2) is 7.43. The summed E-state index contributed by atoms with van der Waals surface area (Å²) < 4.78 is -0.0278. The normalized spacial score (nSPS) is 11.1. The predicted molar refractivity (Wildman–Crippen MR) is 30.7 cm³/mol. The average Bonchev–Trinajstić information content (AvgIpc) is 1.25. The molecule has 2 N–H and O–H groups in total. The van der Waals surface area contributed by atoms with Crippen molar-refractivity contribution in [1.29, 1.82) is 0 Å². The minimum atomic E-state index is -0.833. The topological polar surface area (TPSA) is 57.5 Å². The molecule has 1 atom stereocenters. The summed E-state index contributed by atoms with van der Waals surface area (Å²) in [6.45, 7) is 2.87. The molecule has 4 heteroatoms. The van der Waals surface area contributed by atoms with Crippen molar-refractivity contribution in [1.82, 2.24) is 0 Å². The molecular formula is C4H9NaO3. The molecule has 1 unspecified atom stereocenters. The van der Waals surface area contributed by atoms with Gasteiger partial charge in [0, 0.05) is 6.92 Å². The molecule has 0 aliphatic heterocycles. The van der Waals surface area contributed by atoms with E-state index >= 15 is 0 Å². The Morgan fingerprint density at radius 1 is 1.75 bits per heavy atom. The first kappa shape index (κ1) is 11.3. The fourth-order valence-electron chi connectivity index (χ4n) is 0. The Bertz CT molecular complexity index is 55.5. The van der Waals surface area contributed by atoms with Crippen LogP contribution in [0.25, 0.3) is 0 Å². The quantitative estimate of drug-likeness (QED) is 0.436. The molecule has 0 aliphatic rings. The van der Waals surface area contributed by atoms with Gasteiger partial charge in [-0.2, -0.15) is 0 Å². The number of rotatable bonds is 0. The zero-order valence-corrected chi connectivity index (χ0v) is 7.38. The van der Waals surface area contributed by atoms with E-state index in [1.807, 2.05) is 0 Å². The van der Waals surface area contributed by atoms with Crippen LogP contribution in [0.4, 0.5) is 0 Å². The van der Waals surface area contributed by atoms with Gasteiger partial charge in [-0.15, -0.1) is 0 Å². The van der Waals surface area contributed by atoms with Crippen molar-refractivity contribution in [2.75, 3.05) is 0 Å². The van der Waals surface area contributed by atoms with E-state index in [1.54, 1.807) is 6.92 Å². The van der Waals surface area contributed by atoms with Crippen molar-refractivity contribution < 1.29 is 15.0 Å². The van der Waals surface area contributed by atoms with Crippen LogP contribution in [0.2, 0.25) is 0 Å². The first-order valence-electron chi connectivity index (χ1n) is 2.34. The van der Waals surface area contributed by atoms with Gasteiger partial charge in [-0.25, -0.2) is 0 Å². The monoisotopic (exact) mass is 128 g/mol. The SMILES string of the molecule is CC(=O)O.C[CH](O)[Na]. The third kappa shape index (κ3) is 1030. The summed E-state index contributed by atoms with van der Waals surface area (Å²) in [5, 5.41) is 15.5. The summed E-state index contributed by atoms with van der Waals surface area (Å²) in [6.07, 6.45) is 0. The van der Waals surface area contributed by atoms with Crippen LogP contribution in [-0.2, 0) is 4.79 Å². The van der Waals surface area contributed by atoms with Crippen LogP contribution in [0.5, 0.6) is 0 Å². The Kier molecular flexibility index (Phi) is 10.5. The van der Waals surface area contributed by atoms with E-state index in [-0.39, 0.29) is 3.35 Å². The number of aliphatic carboxylic acids is 1. The standard InChI is InChI=1S/C2H4O2.C2H5O.Na/c1-2(3)4;1-2-3;/h1H3,(H,3,4);2-3H,1H3;. The zero-order chi connectivity index (χ0) is 7.15. The Morgan fingerprint density at radius 3 is 1.75 bits per heavy atom. The fraction of sp³-hybridized carbons (Fsp3) is 0.750. The van der Waals surface area contributed by atoms with Gasteiger partial charge in [-0.05, 0) is 0 Å². The van der Waals surface area contributed by atoms with Crippen molar-refractivity contribution in [2.45, 2.75) is 17.2 Å². The van der Waals surface area contributed by atoms with Crippen LogP contribution in [0.15, 0.2) is 0 Å². The zero-order valence-electron chi connectivity index (χ0n) is 5.38. The first-order chi connectivity index (χ1) is 3.46. The molecule has 0 heterocycles. The third-order valence-corrected chi connectivity index (χ3v) is 0. The van der Waals surface area contributed by atoms with E-state index in [1.165, 1.54) is 0 Å². The van der Waals surface area contributed by atoms with Crippen molar-refractivity contribution >= 4 is 33.9 Å². The molecule has 3 nitrogen and oxygen atoms in total. The summed E-state index contributed by atoms with van der Waals surface area (Å²) in [7, 11) is 0. The molecule has 0 amide bonds. The maximum absolute atomic E-state index is 9.00.